The molecule has 1 unspecified atom stereocenters. The molecule has 3 aliphatic rings. The van der Waals surface area contributed by atoms with Gasteiger partial charge in [-0.05, 0) is 31.7 Å². The first-order chi connectivity index (χ1) is 13.4. The summed E-state index contributed by atoms with van der Waals surface area (Å²) in [6.45, 7) is 0.0698. The normalized spacial score (nSPS) is 23.2. The number of nitrogens with one attached hydrogen (secondary N) is 2. The average Bonchev–Trinajstić information content (AvgIpc) is 3.32. The number of carbonyl (C=O) groups is 2. The van der Waals surface area contributed by atoms with E-state index in [0.29, 0.717) is 18.5 Å². The molecule has 0 spiro atoms. The lowest BCUT2D eigenvalue weighted by Crippen LogP contribution is -2.48. The summed E-state index contributed by atoms with van der Waals surface area (Å²) in [7, 11) is -4.00. The van der Waals surface area contributed by atoms with E-state index in [4.69, 9.17) is 16.3 Å². The van der Waals surface area contributed by atoms with Gasteiger partial charge in [-0.15, -0.1) is 0 Å². The molecule has 1 aliphatic carbocycles. The summed E-state index contributed by atoms with van der Waals surface area (Å²) in [4.78, 5) is 24.0. The molecule has 152 valence electrons. The second kappa shape index (κ2) is 7.53. The van der Waals surface area contributed by atoms with E-state index in [0.717, 1.165) is 25.7 Å². The molecule has 0 aromatic heterocycles. The molecule has 1 saturated carbocycles. The van der Waals surface area contributed by atoms with Gasteiger partial charge in [-0.25, -0.2) is 8.42 Å². The molecule has 1 atom stereocenters. The number of sulfonamides is 1. The summed E-state index contributed by atoms with van der Waals surface area (Å²) in [6, 6.07) is 2.07. The number of hydrogen-bond acceptors (Lipinski definition) is 5. The van der Waals surface area contributed by atoms with Crippen molar-refractivity contribution in [1.82, 2.24) is 9.62 Å². The Labute approximate surface area is 168 Å². The number of amides is 2. The zero-order chi connectivity index (χ0) is 19.9. The minimum atomic E-state index is -4.00. The fourth-order valence-electron chi connectivity index (χ4n) is 4.06. The number of hydrogen-bond donors (Lipinski definition) is 2. The van der Waals surface area contributed by atoms with E-state index in [1.807, 2.05) is 0 Å². The van der Waals surface area contributed by atoms with E-state index in [2.05, 4.69) is 10.6 Å². The van der Waals surface area contributed by atoms with Crippen LogP contribution < -0.4 is 15.4 Å². The first-order valence-corrected chi connectivity index (χ1v) is 11.3. The first kappa shape index (κ1) is 19.5. The Morgan fingerprint density at radius 1 is 1.21 bits per heavy atom. The zero-order valence-electron chi connectivity index (χ0n) is 15.2. The summed E-state index contributed by atoms with van der Waals surface area (Å²) in [5, 5.41) is 5.57. The molecule has 2 heterocycles. The summed E-state index contributed by atoms with van der Waals surface area (Å²) in [5.41, 5.74) is 0.331. The van der Waals surface area contributed by atoms with Gasteiger partial charge in [0.1, 0.15) is 16.7 Å². The Morgan fingerprint density at radius 3 is 2.71 bits per heavy atom. The van der Waals surface area contributed by atoms with Crippen molar-refractivity contribution in [3.05, 3.63) is 17.2 Å². The van der Waals surface area contributed by atoms with Gasteiger partial charge in [-0.2, -0.15) is 4.31 Å². The molecule has 0 radical (unpaired) electrons. The van der Waals surface area contributed by atoms with Crippen molar-refractivity contribution in [1.29, 1.82) is 0 Å². The molecule has 2 N–H and O–H groups in total. The average molecular weight is 428 g/mol. The van der Waals surface area contributed by atoms with Gasteiger partial charge in [0.05, 0.1) is 10.7 Å². The monoisotopic (exact) mass is 427 g/mol. The van der Waals surface area contributed by atoms with Gasteiger partial charge >= 0.3 is 0 Å². The molecule has 1 saturated heterocycles. The third-order valence-corrected chi connectivity index (χ3v) is 7.83. The molecule has 8 nitrogen and oxygen atoms in total. The highest BCUT2D eigenvalue weighted by Gasteiger charge is 2.41. The van der Waals surface area contributed by atoms with Gasteiger partial charge in [0.2, 0.25) is 15.9 Å². The van der Waals surface area contributed by atoms with Crippen LogP contribution in [0.2, 0.25) is 5.02 Å². The molecule has 2 amide bonds. The second-order valence-electron chi connectivity index (χ2n) is 7.38. The van der Waals surface area contributed by atoms with Crippen LogP contribution in [0.15, 0.2) is 17.0 Å². The van der Waals surface area contributed by atoms with Gasteiger partial charge in [-0.3, -0.25) is 9.59 Å². The Bertz CT molecular complexity index is 914. The molecule has 4 rings (SSSR count). The van der Waals surface area contributed by atoms with E-state index in [1.54, 1.807) is 0 Å². The Balaban J connectivity index is 1.60. The fraction of sp³-hybridized carbons (Fsp3) is 0.556. The molecule has 1 aromatic carbocycles. The zero-order valence-corrected chi connectivity index (χ0v) is 16.8. The van der Waals surface area contributed by atoms with Crippen LogP contribution in [-0.2, 0) is 19.6 Å². The summed E-state index contributed by atoms with van der Waals surface area (Å²) >= 11 is 6.22. The van der Waals surface area contributed by atoms with E-state index >= 15 is 0 Å². The standard InChI is InChI=1S/C18H22ClN3O5S/c19-12-8-13-15(27-10-17(23)21-13)9-16(12)28(25,26)22-7-3-6-14(22)18(24)20-11-4-1-2-5-11/h8-9,11,14H,1-7,10H2,(H,20,24)(H,21,23). The molecule has 2 fully saturated rings. The highest BCUT2D eigenvalue weighted by atomic mass is 35.5. The fourth-order valence-corrected chi connectivity index (χ4v) is 6.24. The van der Waals surface area contributed by atoms with E-state index < -0.39 is 16.1 Å². The summed E-state index contributed by atoms with van der Waals surface area (Å²) in [6.07, 6.45) is 5.12. The van der Waals surface area contributed by atoms with Crippen LogP contribution >= 0.6 is 11.6 Å². The second-order valence-corrected chi connectivity index (χ2v) is 9.65. The maximum absolute atomic E-state index is 13.3. The number of ether oxygens (including phenoxy) is 1. The first-order valence-electron chi connectivity index (χ1n) is 9.44. The Hall–Kier alpha value is -1.84. The van der Waals surface area contributed by atoms with E-state index in [1.165, 1.54) is 16.4 Å². The van der Waals surface area contributed by atoms with Gasteiger partial charge in [0.25, 0.3) is 5.91 Å². The molecule has 1 aromatic rings. The number of fused-ring (bicyclic) bond motifs is 1. The smallest absolute Gasteiger partial charge is 0.262 e. The van der Waals surface area contributed by atoms with Gasteiger partial charge in [0.15, 0.2) is 6.61 Å². The minimum absolute atomic E-state index is 0.0219. The van der Waals surface area contributed by atoms with Crippen molar-refractivity contribution in [3.8, 4) is 5.75 Å². The summed E-state index contributed by atoms with van der Waals surface area (Å²) in [5.74, 6) is -0.332. The lowest BCUT2D eigenvalue weighted by molar-refractivity contribution is -0.125. The SMILES string of the molecule is O=C1COc2cc(S(=O)(=O)N3CCCC3C(=O)NC3CCCC3)c(Cl)cc2N1. The Kier molecular flexibility index (Phi) is 5.24. The van der Waals surface area contributed by atoms with Crippen LogP contribution in [-0.4, -0.2) is 49.8 Å². The third-order valence-electron chi connectivity index (χ3n) is 5.46. The van der Waals surface area contributed by atoms with E-state index in [9.17, 15) is 18.0 Å². The van der Waals surface area contributed by atoms with Crippen LogP contribution in [0.4, 0.5) is 5.69 Å². The molecule has 28 heavy (non-hydrogen) atoms. The number of anilines is 1. The van der Waals surface area contributed by atoms with Gasteiger partial charge < -0.3 is 15.4 Å². The quantitative estimate of drug-likeness (QED) is 0.763. The molecule has 0 bridgehead atoms. The minimum Gasteiger partial charge on any atom is -0.482 e. The van der Waals surface area contributed by atoms with Gasteiger partial charge in [0, 0.05) is 18.7 Å². The molecule has 10 heteroatoms. The van der Waals surface area contributed by atoms with Crippen LogP contribution in [0.1, 0.15) is 38.5 Å². The number of nitrogens with zero attached hydrogens (tertiary/aromatic N) is 1. The number of benzene rings is 1. The topological polar surface area (TPSA) is 105 Å². The maximum Gasteiger partial charge on any atom is 0.262 e. The lowest BCUT2D eigenvalue weighted by Gasteiger charge is -2.26. The number of rotatable bonds is 4. The predicted molar refractivity (Wildman–Crippen MR) is 103 cm³/mol. The van der Waals surface area contributed by atoms with Crippen molar-refractivity contribution >= 4 is 39.1 Å². The highest BCUT2D eigenvalue weighted by Crippen LogP contribution is 2.38. The molecular weight excluding hydrogens is 406 g/mol. The summed E-state index contributed by atoms with van der Waals surface area (Å²) < 4.78 is 33.1. The number of halogens is 1. The lowest BCUT2D eigenvalue weighted by atomic mass is 10.2. The molecule has 2 aliphatic heterocycles. The largest absolute Gasteiger partial charge is 0.482 e. The van der Waals surface area contributed by atoms with Crippen molar-refractivity contribution in [3.63, 3.8) is 0 Å². The highest BCUT2D eigenvalue weighted by molar-refractivity contribution is 7.89. The van der Waals surface area contributed by atoms with Crippen LogP contribution in [0.25, 0.3) is 0 Å². The van der Waals surface area contributed by atoms with Crippen molar-refractivity contribution in [2.45, 2.75) is 55.5 Å². The van der Waals surface area contributed by atoms with Crippen molar-refractivity contribution in [2.24, 2.45) is 0 Å². The van der Waals surface area contributed by atoms with E-state index in [-0.39, 0.29) is 46.7 Å². The van der Waals surface area contributed by atoms with Gasteiger partial charge in [-0.1, -0.05) is 24.4 Å². The van der Waals surface area contributed by atoms with Crippen LogP contribution in [0.5, 0.6) is 5.75 Å². The number of carbonyl (C=O) groups excluding carboxylic acids is 2. The van der Waals surface area contributed by atoms with Crippen molar-refractivity contribution in [2.75, 3.05) is 18.5 Å². The van der Waals surface area contributed by atoms with Crippen LogP contribution in [0.3, 0.4) is 0 Å². The predicted octanol–water partition coefficient (Wildman–Crippen LogP) is 1.88. The van der Waals surface area contributed by atoms with Crippen LogP contribution in [0, 0.1) is 0 Å². The third kappa shape index (κ3) is 3.58. The molecular formula is C18H22ClN3O5S. The Morgan fingerprint density at radius 2 is 1.96 bits per heavy atom. The van der Waals surface area contributed by atoms with Crippen molar-refractivity contribution < 1.29 is 22.7 Å². The maximum atomic E-state index is 13.3.